The predicted molar refractivity (Wildman–Crippen MR) is 142 cm³/mol. The third-order valence-electron chi connectivity index (χ3n) is 5.71. The quantitative estimate of drug-likeness (QED) is 0.230. The Morgan fingerprint density at radius 2 is 1.68 bits per heavy atom. The van der Waals surface area contributed by atoms with Gasteiger partial charge in [0, 0.05) is 49.4 Å². The molecule has 206 valence electrons. The molecule has 3 amide bonds. The first-order chi connectivity index (χ1) is 19.1. The van der Waals surface area contributed by atoms with E-state index in [9.17, 15) is 22.8 Å². The largest absolute Gasteiger partial charge is 0.457 e. The van der Waals surface area contributed by atoms with Gasteiger partial charge in [0.05, 0.1) is 10.6 Å². The first-order valence-electron chi connectivity index (χ1n) is 11.9. The van der Waals surface area contributed by atoms with Gasteiger partial charge in [0.1, 0.15) is 17.2 Å². The van der Waals surface area contributed by atoms with E-state index in [0.29, 0.717) is 43.0 Å². The van der Waals surface area contributed by atoms with Crippen molar-refractivity contribution in [2.24, 2.45) is 10.2 Å². The number of carbonyl (C=O) groups excluding carboxylic acids is 2. The molecule has 0 saturated heterocycles. The molecule has 1 aliphatic heterocycles. The van der Waals surface area contributed by atoms with E-state index in [1.807, 2.05) is 0 Å². The molecule has 2 aromatic carbocycles. The van der Waals surface area contributed by atoms with Crippen LogP contribution in [-0.2, 0) is 6.18 Å². The molecule has 0 unspecified atom stereocenters. The highest BCUT2D eigenvalue weighted by Gasteiger charge is 2.38. The molecule has 0 saturated carbocycles. The predicted octanol–water partition coefficient (Wildman–Crippen LogP) is 6.89. The fourth-order valence-corrected chi connectivity index (χ4v) is 3.81. The Kier molecular flexibility index (Phi) is 8.55. The maximum atomic E-state index is 13.0. The van der Waals surface area contributed by atoms with E-state index in [0.717, 1.165) is 12.1 Å². The number of nitrogens with zero attached hydrogens (tertiary/aromatic N) is 3. The Morgan fingerprint density at radius 1 is 0.975 bits per heavy atom. The maximum absolute atomic E-state index is 13.0. The molecular formula is C27H22ClF3N6O3. The third kappa shape index (κ3) is 7.70. The number of hydrogen-bond donors (Lipinski definition) is 3. The number of pyridine rings is 1. The Labute approximate surface area is 232 Å². The number of halogens is 4. The number of amides is 3. The molecule has 0 radical (unpaired) electrons. The number of ether oxygens (including phenoxy) is 1. The van der Waals surface area contributed by atoms with Crippen LogP contribution in [0.4, 0.5) is 29.3 Å². The Balaban J connectivity index is 1.28. The van der Waals surface area contributed by atoms with Gasteiger partial charge in [0.2, 0.25) is 0 Å². The lowest BCUT2D eigenvalue weighted by Crippen LogP contribution is -2.28. The molecule has 0 aliphatic carbocycles. The van der Waals surface area contributed by atoms with Gasteiger partial charge in [-0.1, -0.05) is 11.6 Å². The smallest absolute Gasteiger partial charge is 0.417 e. The molecule has 3 N–H and O–H groups in total. The minimum Gasteiger partial charge on any atom is -0.457 e. The molecule has 3 aromatic rings. The number of hydrogen-bond acceptors (Lipinski definition) is 6. The topological polar surface area (TPSA) is 117 Å². The standard InChI is InChI=1S/C27H22ClF3N6O3/c1-2-3-11-26(36-37-26)12-14-33-24(38)23-16-20(10-13-32-23)40-19-7-4-17(5-8-19)34-25(39)35-18-6-9-22(28)21(15-18)27(29,30)31/h1,4-10,13,15-16H,3,11-12,14H2,(H,33,38)(H2,34,35,39). The summed E-state index contributed by atoms with van der Waals surface area (Å²) in [7, 11) is 0. The SMILES string of the molecule is C#CCCC1(CCNC(=O)c2cc(Oc3ccc(NC(=O)Nc4ccc(Cl)c(C(F)(F)F)c4)cc3)ccn2)N=N1. The fourth-order valence-electron chi connectivity index (χ4n) is 3.59. The van der Waals surface area contributed by atoms with E-state index in [4.69, 9.17) is 22.8 Å². The van der Waals surface area contributed by atoms with E-state index < -0.39 is 28.5 Å². The van der Waals surface area contributed by atoms with Crippen molar-refractivity contribution in [3.8, 4) is 23.8 Å². The van der Waals surface area contributed by atoms with Crippen LogP contribution in [-0.4, -0.2) is 29.1 Å². The number of aromatic nitrogens is 1. The molecule has 4 rings (SSSR count). The highest BCUT2D eigenvalue weighted by atomic mass is 35.5. The van der Waals surface area contributed by atoms with Gasteiger partial charge in [0.15, 0.2) is 5.66 Å². The van der Waals surface area contributed by atoms with Crippen molar-refractivity contribution in [3.05, 3.63) is 77.1 Å². The number of rotatable bonds is 10. The van der Waals surface area contributed by atoms with Crippen molar-refractivity contribution in [2.45, 2.75) is 31.1 Å². The molecule has 0 atom stereocenters. The van der Waals surface area contributed by atoms with Crippen LogP contribution in [0.15, 0.2) is 71.0 Å². The van der Waals surface area contributed by atoms with E-state index in [1.165, 1.54) is 30.5 Å². The molecule has 1 aliphatic rings. The van der Waals surface area contributed by atoms with E-state index in [-0.39, 0.29) is 17.3 Å². The highest BCUT2D eigenvalue weighted by molar-refractivity contribution is 6.31. The fraction of sp³-hybridized carbons (Fsp3) is 0.222. The molecule has 0 spiro atoms. The zero-order valence-corrected chi connectivity index (χ0v) is 21.5. The molecule has 9 nitrogen and oxygen atoms in total. The summed E-state index contributed by atoms with van der Waals surface area (Å²) in [6.45, 7) is 0.354. The van der Waals surface area contributed by atoms with Gasteiger partial charge >= 0.3 is 12.2 Å². The van der Waals surface area contributed by atoms with Crippen LogP contribution in [0.1, 0.15) is 35.3 Å². The number of urea groups is 1. The van der Waals surface area contributed by atoms with Crippen LogP contribution < -0.4 is 20.7 Å². The van der Waals surface area contributed by atoms with Gasteiger partial charge in [-0.3, -0.25) is 9.78 Å². The lowest BCUT2D eigenvalue weighted by molar-refractivity contribution is -0.137. The highest BCUT2D eigenvalue weighted by Crippen LogP contribution is 2.37. The summed E-state index contributed by atoms with van der Waals surface area (Å²) in [6, 6.07) is 11.6. The van der Waals surface area contributed by atoms with Crippen molar-refractivity contribution < 1.29 is 27.5 Å². The van der Waals surface area contributed by atoms with Crippen LogP contribution in [0, 0.1) is 12.3 Å². The summed E-state index contributed by atoms with van der Waals surface area (Å²) >= 11 is 5.60. The van der Waals surface area contributed by atoms with E-state index >= 15 is 0 Å². The lowest BCUT2D eigenvalue weighted by Gasteiger charge is -2.13. The first kappa shape index (κ1) is 28.4. The van der Waals surface area contributed by atoms with Crippen LogP contribution in [0.5, 0.6) is 11.5 Å². The van der Waals surface area contributed by atoms with Crippen molar-refractivity contribution in [1.29, 1.82) is 0 Å². The van der Waals surface area contributed by atoms with E-state index in [2.05, 4.69) is 37.1 Å². The Morgan fingerprint density at radius 3 is 2.35 bits per heavy atom. The average molecular weight is 571 g/mol. The van der Waals surface area contributed by atoms with Crippen molar-refractivity contribution >= 4 is 34.9 Å². The minimum atomic E-state index is -4.66. The zero-order valence-electron chi connectivity index (χ0n) is 20.8. The molecule has 2 heterocycles. The molecule has 1 aromatic heterocycles. The number of anilines is 2. The summed E-state index contributed by atoms with van der Waals surface area (Å²) in [5, 5.41) is 15.2. The second-order valence-corrected chi connectivity index (χ2v) is 9.07. The summed E-state index contributed by atoms with van der Waals surface area (Å²) in [4.78, 5) is 28.8. The second-order valence-electron chi connectivity index (χ2n) is 8.67. The zero-order chi connectivity index (χ0) is 28.8. The van der Waals surface area contributed by atoms with Gasteiger partial charge in [-0.25, -0.2) is 4.79 Å². The maximum Gasteiger partial charge on any atom is 0.417 e. The number of nitrogens with one attached hydrogen (secondary N) is 3. The molecule has 0 fully saturated rings. The second kappa shape index (κ2) is 12.0. The number of carbonyl (C=O) groups is 2. The van der Waals surface area contributed by atoms with Crippen LogP contribution in [0.3, 0.4) is 0 Å². The Bertz CT molecular complexity index is 1470. The van der Waals surface area contributed by atoms with E-state index in [1.54, 1.807) is 18.2 Å². The molecule has 40 heavy (non-hydrogen) atoms. The summed E-state index contributed by atoms with van der Waals surface area (Å²) < 4.78 is 44.9. The summed E-state index contributed by atoms with van der Waals surface area (Å²) in [5.41, 5.74) is -1.11. The van der Waals surface area contributed by atoms with Gasteiger partial charge in [-0.05, 0) is 48.5 Å². The number of terminal acetylenes is 1. The average Bonchev–Trinajstić information content (AvgIpc) is 3.69. The van der Waals surface area contributed by atoms with Gasteiger partial charge < -0.3 is 20.7 Å². The van der Waals surface area contributed by atoms with Crippen molar-refractivity contribution in [2.75, 3.05) is 17.2 Å². The first-order valence-corrected chi connectivity index (χ1v) is 12.3. The monoisotopic (exact) mass is 570 g/mol. The number of benzene rings is 2. The molecular weight excluding hydrogens is 549 g/mol. The van der Waals surface area contributed by atoms with Crippen molar-refractivity contribution in [3.63, 3.8) is 0 Å². The molecule has 0 bridgehead atoms. The lowest BCUT2D eigenvalue weighted by atomic mass is 10.0. The normalized spacial score (nSPS) is 13.2. The summed E-state index contributed by atoms with van der Waals surface area (Å²) in [5.74, 6) is 2.94. The third-order valence-corrected chi connectivity index (χ3v) is 6.03. The van der Waals surface area contributed by atoms with Crippen molar-refractivity contribution in [1.82, 2.24) is 10.3 Å². The minimum absolute atomic E-state index is 0.0763. The van der Waals surface area contributed by atoms with Crippen LogP contribution in [0.2, 0.25) is 5.02 Å². The van der Waals surface area contributed by atoms with Crippen LogP contribution in [0.25, 0.3) is 0 Å². The van der Waals surface area contributed by atoms with Gasteiger partial charge in [-0.2, -0.15) is 23.4 Å². The number of alkyl halides is 3. The van der Waals surface area contributed by atoms with Gasteiger partial charge in [-0.15, -0.1) is 12.3 Å². The Hall–Kier alpha value is -4.63. The van der Waals surface area contributed by atoms with Gasteiger partial charge in [0.25, 0.3) is 5.91 Å². The molecule has 13 heteroatoms. The summed E-state index contributed by atoms with van der Waals surface area (Å²) in [6.07, 6.45) is 3.81. The van der Waals surface area contributed by atoms with Crippen LogP contribution >= 0.6 is 11.6 Å².